The van der Waals surface area contributed by atoms with Gasteiger partial charge in [0.15, 0.2) is 5.82 Å². The maximum Gasteiger partial charge on any atom is 0.248 e. The van der Waals surface area contributed by atoms with Crippen LogP contribution in [0.1, 0.15) is 37.3 Å². The summed E-state index contributed by atoms with van der Waals surface area (Å²) < 4.78 is 3.96. The SMILES string of the molecule is C[C@H](O)C(=O)NC1CC(c2nnc(Cn3ccnc3)n2C)C1. The molecular formula is C14H20N6O2. The third-order valence-corrected chi connectivity index (χ3v) is 4.11. The van der Waals surface area contributed by atoms with Gasteiger partial charge in [-0.05, 0) is 19.8 Å². The summed E-state index contributed by atoms with van der Waals surface area (Å²) in [6, 6.07) is 0.112. The Morgan fingerprint density at radius 1 is 1.50 bits per heavy atom. The van der Waals surface area contributed by atoms with Crippen LogP contribution in [-0.2, 0) is 18.4 Å². The summed E-state index contributed by atoms with van der Waals surface area (Å²) in [6.07, 6.45) is 6.07. The summed E-state index contributed by atoms with van der Waals surface area (Å²) in [6.45, 7) is 2.11. The molecule has 1 aliphatic carbocycles. The molecule has 22 heavy (non-hydrogen) atoms. The summed E-state index contributed by atoms with van der Waals surface area (Å²) >= 11 is 0. The van der Waals surface area contributed by atoms with E-state index in [-0.39, 0.29) is 11.9 Å². The Balaban J connectivity index is 1.58. The van der Waals surface area contributed by atoms with Crippen molar-refractivity contribution in [3.8, 4) is 0 Å². The second kappa shape index (κ2) is 5.88. The Bertz CT molecular complexity index is 642. The molecule has 0 aromatic carbocycles. The molecule has 0 spiro atoms. The average molecular weight is 304 g/mol. The molecule has 0 radical (unpaired) electrons. The van der Waals surface area contributed by atoms with Gasteiger partial charge < -0.3 is 19.6 Å². The lowest BCUT2D eigenvalue weighted by atomic mass is 9.79. The van der Waals surface area contributed by atoms with Gasteiger partial charge in [-0.3, -0.25) is 4.79 Å². The lowest BCUT2D eigenvalue weighted by Gasteiger charge is -2.35. The molecule has 0 aliphatic heterocycles. The third-order valence-electron chi connectivity index (χ3n) is 4.11. The number of carbonyl (C=O) groups is 1. The predicted octanol–water partition coefficient (Wildman–Crippen LogP) is -0.197. The van der Waals surface area contributed by atoms with E-state index in [4.69, 9.17) is 0 Å². The molecule has 1 aliphatic rings. The van der Waals surface area contributed by atoms with Crippen molar-refractivity contribution in [2.24, 2.45) is 7.05 Å². The number of aromatic nitrogens is 5. The number of rotatable bonds is 5. The number of aliphatic hydroxyl groups is 1. The predicted molar refractivity (Wildman–Crippen MR) is 77.9 cm³/mol. The molecule has 8 heteroatoms. The van der Waals surface area contributed by atoms with Gasteiger partial charge in [-0.1, -0.05) is 0 Å². The van der Waals surface area contributed by atoms with Gasteiger partial charge in [-0.15, -0.1) is 10.2 Å². The average Bonchev–Trinajstić information content (AvgIpc) is 3.06. The molecule has 3 rings (SSSR count). The van der Waals surface area contributed by atoms with Crippen LogP contribution in [0.2, 0.25) is 0 Å². The number of nitrogens with zero attached hydrogens (tertiary/aromatic N) is 5. The molecule has 118 valence electrons. The fourth-order valence-corrected chi connectivity index (χ4v) is 2.68. The molecule has 2 N–H and O–H groups in total. The van der Waals surface area contributed by atoms with Crippen LogP contribution in [0.4, 0.5) is 0 Å². The van der Waals surface area contributed by atoms with Crippen LogP contribution in [0.3, 0.4) is 0 Å². The van der Waals surface area contributed by atoms with E-state index >= 15 is 0 Å². The van der Waals surface area contributed by atoms with E-state index in [1.807, 2.05) is 22.4 Å². The fourth-order valence-electron chi connectivity index (χ4n) is 2.68. The number of carbonyl (C=O) groups excluding carboxylic acids is 1. The van der Waals surface area contributed by atoms with Crippen LogP contribution < -0.4 is 5.32 Å². The highest BCUT2D eigenvalue weighted by Crippen LogP contribution is 2.35. The van der Waals surface area contributed by atoms with Crippen LogP contribution in [-0.4, -0.2) is 47.5 Å². The van der Waals surface area contributed by atoms with Crippen molar-refractivity contribution in [2.45, 2.75) is 44.4 Å². The van der Waals surface area contributed by atoms with Gasteiger partial charge in [-0.25, -0.2) is 4.98 Å². The first kappa shape index (κ1) is 14.7. The van der Waals surface area contributed by atoms with E-state index in [9.17, 15) is 9.90 Å². The number of hydrogen-bond donors (Lipinski definition) is 2. The summed E-state index contributed by atoms with van der Waals surface area (Å²) in [4.78, 5) is 15.4. The summed E-state index contributed by atoms with van der Waals surface area (Å²) in [5.74, 6) is 1.80. The number of aliphatic hydroxyl groups excluding tert-OH is 1. The Morgan fingerprint density at radius 3 is 2.91 bits per heavy atom. The quantitative estimate of drug-likeness (QED) is 0.797. The van der Waals surface area contributed by atoms with Crippen molar-refractivity contribution in [2.75, 3.05) is 0 Å². The van der Waals surface area contributed by atoms with Crippen molar-refractivity contribution >= 4 is 5.91 Å². The first-order valence-corrected chi connectivity index (χ1v) is 7.37. The minimum absolute atomic E-state index is 0.112. The highest BCUT2D eigenvalue weighted by molar-refractivity contribution is 5.80. The van der Waals surface area contributed by atoms with Crippen LogP contribution in [0.25, 0.3) is 0 Å². The van der Waals surface area contributed by atoms with E-state index < -0.39 is 6.10 Å². The summed E-state index contributed by atoms with van der Waals surface area (Å²) in [7, 11) is 1.96. The maximum atomic E-state index is 11.4. The standard InChI is InChI=1S/C14H20N6O2/c1-9(21)14(22)16-11-5-10(6-11)13-18-17-12(19(13)2)7-20-4-3-15-8-20/h3-4,8-11,21H,5-7H2,1-2H3,(H,16,22)/t9-,10?,11?/m0/s1. The largest absolute Gasteiger partial charge is 0.384 e. The molecule has 8 nitrogen and oxygen atoms in total. The number of amides is 1. The minimum atomic E-state index is -0.962. The van der Waals surface area contributed by atoms with E-state index in [1.165, 1.54) is 6.92 Å². The fraction of sp³-hybridized carbons (Fsp3) is 0.571. The zero-order valence-corrected chi connectivity index (χ0v) is 12.7. The van der Waals surface area contributed by atoms with Gasteiger partial charge in [0, 0.05) is 31.4 Å². The first-order chi connectivity index (χ1) is 10.5. The molecule has 1 saturated carbocycles. The monoisotopic (exact) mass is 304 g/mol. The zero-order chi connectivity index (χ0) is 15.7. The molecular weight excluding hydrogens is 284 g/mol. The molecule has 1 fully saturated rings. The molecule has 0 unspecified atom stereocenters. The van der Waals surface area contributed by atoms with Crippen LogP contribution in [0.5, 0.6) is 0 Å². The van der Waals surface area contributed by atoms with E-state index in [0.717, 1.165) is 24.5 Å². The Hall–Kier alpha value is -2.22. The lowest BCUT2D eigenvalue weighted by molar-refractivity contribution is -0.129. The highest BCUT2D eigenvalue weighted by atomic mass is 16.3. The third kappa shape index (κ3) is 2.87. The topological polar surface area (TPSA) is 97.9 Å². The molecule has 2 aromatic heterocycles. The second-order valence-corrected chi connectivity index (χ2v) is 5.82. The lowest BCUT2D eigenvalue weighted by Crippen LogP contribution is -2.47. The normalized spacial score (nSPS) is 22.1. The smallest absolute Gasteiger partial charge is 0.248 e. The Labute approximate surface area is 128 Å². The summed E-state index contributed by atoms with van der Waals surface area (Å²) in [5, 5.41) is 20.5. The molecule has 2 aromatic rings. The summed E-state index contributed by atoms with van der Waals surface area (Å²) in [5.41, 5.74) is 0. The van der Waals surface area contributed by atoms with Gasteiger partial charge in [0.1, 0.15) is 11.9 Å². The van der Waals surface area contributed by atoms with Crippen LogP contribution in [0.15, 0.2) is 18.7 Å². The van der Waals surface area contributed by atoms with E-state index in [2.05, 4.69) is 20.5 Å². The van der Waals surface area contributed by atoms with Crippen molar-refractivity contribution in [1.29, 1.82) is 0 Å². The van der Waals surface area contributed by atoms with Gasteiger partial charge in [0.05, 0.1) is 12.9 Å². The molecule has 2 heterocycles. The molecule has 0 bridgehead atoms. The minimum Gasteiger partial charge on any atom is -0.384 e. The van der Waals surface area contributed by atoms with Crippen molar-refractivity contribution < 1.29 is 9.90 Å². The van der Waals surface area contributed by atoms with E-state index in [1.54, 1.807) is 12.5 Å². The van der Waals surface area contributed by atoms with Crippen molar-refractivity contribution in [3.63, 3.8) is 0 Å². The van der Waals surface area contributed by atoms with Gasteiger partial charge >= 0.3 is 0 Å². The van der Waals surface area contributed by atoms with Gasteiger partial charge in [0.2, 0.25) is 5.91 Å². The number of nitrogens with one attached hydrogen (secondary N) is 1. The van der Waals surface area contributed by atoms with Crippen molar-refractivity contribution in [1.82, 2.24) is 29.6 Å². The van der Waals surface area contributed by atoms with Gasteiger partial charge in [-0.2, -0.15) is 0 Å². The Kier molecular flexibility index (Phi) is 3.93. The molecule has 1 amide bonds. The molecule has 1 atom stereocenters. The second-order valence-electron chi connectivity index (χ2n) is 5.82. The Morgan fingerprint density at radius 2 is 2.27 bits per heavy atom. The molecule has 0 saturated heterocycles. The highest BCUT2D eigenvalue weighted by Gasteiger charge is 2.35. The van der Waals surface area contributed by atoms with Crippen LogP contribution in [0, 0.1) is 0 Å². The van der Waals surface area contributed by atoms with Crippen molar-refractivity contribution in [3.05, 3.63) is 30.4 Å². The zero-order valence-electron chi connectivity index (χ0n) is 12.7. The number of imidazole rings is 1. The van der Waals surface area contributed by atoms with Gasteiger partial charge in [0.25, 0.3) is 0 Å². The maximum absolute atomic E-state index is 11.4. The number of hydrogen-bond acceptors (Lipinski definition) is 5. The first-order valence-electron chi connectivity index (χ1n) is 7.37. The van der Waals surface area contributed by atoms with Crippen LogP contribution >= 0.6 is 0 Å². The van der Waals surface area contributed by atoms with E-state index in [0.29, 0.717) is 12.5 Å².